The van der Waals surface area contributed by atoms with Crippen molar-refractivity contribution in [1.29, 1.82) is 0 Å². The van der Waals surface area contributed by atoms with Gasteiger partial charge in [0.2, 0.25) is 0 Å². The molecular weight excluding hydrogens is 398 g/mol. The normalized spacial score (nSPS) is 11.1. The first-order chi connectivity index (χ1) is 14.9. The maximum atomic E-state index is 13.2. The zero-order chi connectivity index (χ0) is 22.0. The van der Waals surface area contributed by atoms with Gasteiger partial charge in [0.05, 0.1) is 27.1 Å². The SMILES string of the molecule is O=C(O)c1ccc(-n2c(/C=C/c3cccc([N+](=O)[O-])c3)nc3ccccc3c2=O)cc1. The Labute approximate surface area is 175 Å². The first-order valence-electron chi connectivity index (χ1n) is 9.22. The van der Waals surface area contributed by atoms with Crippen LogP contribution in [0.15, 0.2) is 77.6 Å². The Morgan fingerprint density at radius 1 is 1.00 bits per heavy atom. The molecule has 8 nitrogen and oxygen atoms in total. The van der Waals surface area contributed by atoms with E-state index in [-0.39, 0.29) is 16.8 Å². The van der Waals surface area contributed by atoms with Crippen LogP contribution in [-0.4, -0.2) is 25.6 Å². The van der Waals surface area contributed by atoms with Gasteiger partial charge in [-0.3, -0.25) is 19.5 Å². The van der Waals surface area contributed by atoms with E-state index >= 15 is 0 Å². The lowest BCUT2D eigenvalue weighted by molar-refractivity contribution is -0.384. The zero-order valence-corrected chi connectivity index (χ0v) is 16.0. The van der Waals surface area contributed by atoms with E-state index in [0.717, 1.165) is 0 Å². The van der Waals surface area contributed by atoms with Gasteiger partial charge in [-0.25, -0.2) is 9.78 Å². The third-order valence-corrected chi connectivity index (χ3v) is 4.68. The van der Waals surface area contributed by atoms with Gasteiger partial charge in [0.25, 0.3) is 11.2 Å². The maximum absolute atomic E-state index is 13.2. The van der Waals surface area contributed by atoms with Gasteiger partial charge in [-0.15, -0.1) is 0 Å². The fourth-order valence-electron chi connectivity index (χ4n) is 3.18. The molecule has 0 aliphatic carbocycles. The summed E-state index contributed by atoms with van der Waals surface area (Å²) in [4.78, 5) is 39.5. The highest BCUT2D eigenvalue weighted by Crippen LogP contribution is 2.18. The van der Waals surface area contributed by atoms with Crippen LogP contribution in [0, 0.1) is 10.1 Å². The van der Waals surface area contributed by atoms with E-state index in [0.29, 0.717) is 28.0 Å². The lowest BCUT2D eigenvalue weighted by Crippen LogP contribution is -2.22. The smallest absolute Gasteiger partial charge is 0.335 e. The van der Waals surface area contributed by atoms with Crippen molar-refractivity contribution in [2.75, 3.05) is 0 Å². The average molecular weight is 413 g/mol. The number of aromatic carboxylic acids is 1. The van der Waals surface area contributed by atoms with E-state index in [4.69, 9.17) is 5.11 Å². The number of para-hydroxylation sites is 1. The van der Waals surface area contributed by atoms with Gasteiger partial charge >= 0.3 is 5.97 Å². The quantitative estimate of drug-likeness (QED) is 0.388. The Kier molecular flexibility index (Phi) is 5.11. The first-order valence-corrected chi connectivity index (χ1v) is 9.22. The molecule has 1 heterocycles. The number of carbonyl (C=O) groups is 1. The molecule has 0 saturated carbocycles. The topological polar surface area (TPSA) is 115 Å². The Bertz CT molecular complexity index is 1410. The number of fused-ring (bicyclic) bond motifs is 1. The molecule has 0 spiro atoms. The lowest BCUT2D eigenvalue weighted by atomic mass is 10.1. The van der Waals surface area contributed by atoms with E-state index in [1.54, 1.807) is 48.6 Å². The van der Waals surface area contributed by atoms with Crippen LogP contribution >= 0.6 is 0 Å². The summed E-state index contributed by atoms with van der Waals surface area (Å²) in [5.41, 5.74) is 1.27. The number of carboxylic acid groups (broad SMARTS) is 1. The van der Waals surface area contributed by atoms with Crippen LogP contribution in [0.3, 0.4) is 0 Å². The second-order valence-electron chi connectivity index (χ2n) is 6.67. The van der Waals surface area contributed by atoms with Crippen molar-refractivity contribution < 1.29 is 14.8 Å². The molecular formula is C23H15N3O5. The van der Waals surface area contributed by atoms with Crippen LogP contribution in [0.1, 0.15) is 21.7 Å². The van der Waals surface area contributed by atoms with E-state index < -0.39 is 10.9 Å². The van der Waals surface area contributed by atoms with Crippen LogP contribution in [0.5, 0.6) is 0 Å². The molecule has 31 heavy (non-hydrogen) atoms. The van der Waals surface area contributed by atoms with Crippen molar-refractivity contribution >= 4 is 34.7 Å². The van der Waals surface area contributed by atoms with Gasteiger partial charge < -0.3 is 5.11 Å². The summed E-state index contributed by atoms with van der Waals surface area (Å²) in [6.45, 7) is 0. The Morgan fingerprint density at radius 3 is 2.45 bits per heavy atom. The van der Waals surface area contributed by atoms with Crippen LogP contribution in [0.4, 0.5) is 5.69 Å². The minimum absolute atomic E-state index is 0.0460. The number of hydrogen-bond donors (Lipinski definition) is 1. The Hall–Kier alpha value is -4.59. The summed E-state index contributed by atoms with van der Waals surface area (Å²) in [6.07, 6.45) is 3.23. The van der Waals surface area contributed by atoms with Crippen molar-refractivity contribution in [3.05, 3.63) is 110 Å². The predicted molar refractivity (Wildman–Crippen MR) is 116 cm³/mol. The summed E-state index contributed by atoms with van der Waals surface area (Å²) in [6, 6.07) is 18.9. The van der Waals surface area contributed by atoms with E-state index in [9.17, 15) is 19.7 Å². The maximum Gasteiger partial charge on any atom is 0.335 e. The summed E-state index contributed by atoms with van der Waals surface area (Å²) in [7, 11) is 0. The first kappa shape index (κ1) is 19.7. The van der Waals surface area contributed by atoms with Crippen LogP contribution < -0.4 is 5.56 Å². The van der Waals surface area contributed by atoms with Crippen LogP contribution in [-0.2, 0) is 0 Å². The summed E-state index contributed by atoms with van der Waals surface area (Å²) >= 11 is 0. The van der Waals surface area contributed by atoms with Gasteiger partial charge in [0, 0.05) is 12.1 Å². The highest BCUT2D eigenvalue weighted by Gasteiger charge is 2.12. The van der Waals surface area contributed by atoms with Crippen LogP contribution in [0.2, 0.25) is 0 Å². The number of benzene rings is 3. The minimum Gasteiger partial charge on any atom is -0.478 e. The molecule has 0 radical (unpaired) electrons. The number of nitrogens with zero attached hydrogens (tertiary/aromatic N) is 3. The molecule has 0 aliphatic heterocycles. The van der Waals surface area contributed by atoms with E-state index in [1.807, 2.05) is 0 Å². The van der Waals surface area contributed by atoms with Crippen LogP contribution in [0.25, 0.3) is 28.7 Å². The highest BCUT2D eigenvalue weighted by molar-refractivity contribution is 5.88. The lowest BCUT2D eigenvalue weighted by Gasteiger charge is -2.11. The summed E-state index contributed by atoms with van der Waals surface area (Å²) in [5.74, 6) is -0.764. The largest absolute Gasteiger partial charge is 0.478 e. The molecule has 3 aromatic carbocycles. The van der Waals surface area contributed by atoms with Crippen molar-refractivity contribution in [2.45, 2.75) is 0 Å². The number of hydrogen-bond acceptors (Lipinski definition) is 5. The molecule has 0 atom stereocenters. The van der Waals surface area contributed by atoms with E-state index in [1.165, 1.54) is 41.0 Å². The molecule has 8 heteroatoms. The monoisotopic (exact) mass is 413 g/mol. The molecule has 0 unspecified atom stereocenters. The number of nitro groups is 1. The fraction of sp³-hybridized carbons (Fsp3) is 0. The molecule has 0 fully saturated rings. The molecule has 0 amide bonds. The summed E-state index contributed by atoms with van der Waals surface area (Å²) < 4.78 is 1.38. The Balaban J connectivity index is 1.88. The third kappa shape index (κ3) is 3.95. The molecule has 152 valence electrons. The minimum atomic E-state index is -1.07. The molecule has 4 aromatic rings. The fourth-order valence-corrected chi connectivity index (χ4v) is 3.18. The predicted octanol–water partition coefficient (Wildman–Crippen LogP) is 4.16. The number of rotatable bonds is 5. The second-order valence-corrected chi connectivity index (χ2v) is 6.67. The van der Waals surface area contributed by atoms with Crippen molar-refractivity contribution in [2.24, 2.45) is 0 Å². The summed E-state index contributed by atoms with van der Waals surface area (Å²) in [5, 5.41) is 20.6. The van der Waals surface area contributed by atoms with Gasteiger partial charge in [0.1, 0.15) is 5.82 Å². The number of aromatic nitrogens is 2. The molecule has 1 N–H and O–H groups in total. The van der Waals surface area contributed by atoms with Gasteiger partial charge in [-0.2, -0.15) is 0 Å². The molecule has 0 bridgehead atoms. The third-order valence-electron chi connectivity index (χ3n) is 4.68. The van der Waals surface area contributed by atoms with Gasteiger partial charge in [-0.05, 0) is 48.0 Å². The van der Waals surface area contributed by atoms with Gasteiger partial charge in [-0.1, -0.05) is 30.3 Å². The van der Waals surface area contributed by atoms with E-state index in [2.05, 4.69) is 4.98 Å². The van der Waals surface area contributed by atoms with Crippen molar-refractivity contribution in [3.8, 4) is 5.69 Å². The number of non-ortho nitro benzene ring substituents is 1. The standard InChI is InChI=1S/C23H15N3O5/c27-22-19-6-1-2-7-20(19)24-21(13-8-15-4-3-5-18(14-15)26(30)31)25(22)17-11-9-16(10-12-17)23(28)29/h1-14H,(H,28,29)/b13-8+. The van der Waals surface area contributed by atoms with Crippen molar-refractivity contribution in [3.63, 3.8) is 0 Å². The highest BCUT2D eigenvalue weighted by atomic mass is 16.6. The van der Waals surface area contributed by atoms with Gasteiger partial charge in [0.15, 0.2) is 0 Å². The average Bonchev–Trinajstić information content (AvgIpc) is 2.78. The second kappa shape index (κ2) is 8.03. The molecule has 0 saturated heterocycles. The van der Waals surface area contributed by atoms with Crippen molar-refractivity contribution in [1.82, 2.24) is 9.55 Å². The Morgan fingerprint density at radius 2 is 1.74 bits per heavy atom. The molecule has 4 rings (SSSR count). The molecule has 1 aromatic heterocycles. The number of carboxylic acids is 1. The number of nitro benzene ring substituents is 1. The zero-order valence-electron chi connectivity index (χ0n) is 16.0. The molecule has 0 aliphatic rings.